The molecule has 6 nitrogen and oxygen atoms in total. The van der Waals surface area contributed by atoms with Crippen molar-refractivity contribution in [2.45, 2.75) is 22.3 Å². The van der Waals surface area contributed by atoms with Gasteiger partial charge in [0, 0.05) is 6.07 Å². The summed E-state index contributed by atoms with van der Waals surface area (Å²) in [6.45, 7) is 0.516. The topological polar surface area (TPSA) is 81.0 Å². The fourth-order valence-electron chi connectivity index (χ4n) is 1.45. The Morgan fingerprint density at radius 1 is 1.41 bits per heavy atom. The fraction of sp³-hybridized carbons (Fsp3) is 0.273. The number of nitrogens with zero attached hydrogens (tertiary/aromatic N) is 3. The molecule has 0 fully saturated rings. The van der Waals surface area contributed by atoms with E-state index in [9.17, 15) is 23.3 Å². The average molecular weight is 350 g/mol. The highest BCUT2D eigenvalue weighted by atomic mass is 32.2. The zero-order valence-electron chi connectivity index (χ0n) is 11.0. The molecule has 0 amide bonds. The van der Waals surface area contributed by atoms with Crippen molar-refractivity contribution < 1.29 is 18.1 Å². The normalized spacial score (nSPS) is 11.5. The van der Waals surface area contributed by atoms with Gasteiger partial charge in [-0.25, -0.2) is 0 Å². The summed E-state index contributed by atoms with van der Waals surface area (Å²) >= 11 is 1.89. The number of nitro benzene ring substituents is 1. The molecule has 1 heterocycles. The highest BCUT2D eigenvalue weighted by Crippen LogP contribution is 2.37. The number of rotatable bonds is 5. The van der Waals surface area contributed by atoms with Crippen LogP contribution < -0.4 is 5.32 Å². The summed E-state index contributed by atoms with van der Waals surface area (Å²) in [5.74, 6) is 0. The van der Waals surface area contributed by atoms with Gasteiger partial charge in [0.2, 0.25) is 5.13 Å². The van der Waals surface area contributed by atoms with Gasteiger partial charge in [-0.15, -0.1) is 10.2 Å². The molecule has 1 N–H and O–H groups in total. The summed E-state index contributed by atoms with van der Waals surface area (Å²) in [6.07, 6.45) is -4.35. The van der Waals surface area contributed by atoms with Gasteiger partial charge in [0.1, 0.15) is 6.54 Å². The first-order valence-electron chi connectivity index (χ1n) is 5.81. The van der Waals surface area contributed by atoms with Crippen LogP contribution in [0.4, 0.5) is 24.0 Å². The van der Waals surface area contributed by atoms with E-state index in [2.05, 4.69) is 15.5 Å². The van der Waals surface area contributed by atoms with Gasteiger partial charge in [0.05, 0.1) is 9.82 Å². The largest absolute Gasteiger partial charge is 0.405 e. The third-order valence-electron chi connectivity index (χ3n) is 2.35. The van der Waals surface area contributed by atoms with E-state index in [-0.39, 0.29) is 10.8 Å². The third-order valence-corrected chi connectivity index (χ3v) is 4.35. The van der Waals surface area contributed by atoms with Gasteiger partial charge in [0.15, 0.2) is 4.34 Å². The lowest BCUT2D eigenvalue weighted by Gasteiger charge is -2.05. The first kappa shape index (κ1) is 16.5. The summed E-state index contributed by atoms with van der Waals surface area (Å²) < 4.78 is 36.6. The quantitative estimate of drug-likeness (QED) is 0.651. The van der Waals surface area contributed by atoms with E-state index >= 15 is 0 Å². The van der Waals surface area contributed by atoms with Gasteiger partial charge in [-0.05, 0) is 30.3 Å². The molecule has 2 aromatic rings. The number of aromatic nitrogens is 2. The van der Waals surface area contributed by atoms with Crippen molar-refractivity contribution in [2.24, 2.45) is 0 Å². The molecule has 0 saturated carbocycles. The molecule has 0 bridgehead atoms. The van der Waals surface area contributed by atoms with E-state index in [1.54, 1.807) is 19.1 Å². The number of nitrogens with one attached hydrogen (secondary N) is 1. The van der Waals surface area contributed by atoms with Crippen molar-refractivity contribution in [3.8, 4) is 0 Å². The summed E-state index contributed by atoms with van der Waals surface area (Å²) in [4.78, 5) is 10.8. The summed E-state index contributed by atoms with van der Waals surface area (Å²) in [6, 6.07) is 4.70. The number of nitro groups is 1. The molecule has 0 saturated heterocycles. The monoisotopic (exact) mass is 350 g/mol. The van der Waals surface area contributed by atoms with Crippen LogP contribution in [0.2, 0.25) is 0 Å². The van der Waals surface area contributed by atoms with E-state index in [4.69, 9.17) is 0 Å². The average Bonchev–Trinajstić information content (AvgIpc) is 2.85. The van der Waals surface area contributed by atoms with Crippen LogP contribution in [-0.2, 0) is 0 Å². The second-order valence-electron chi connectivity index (χ2n) is 4.17. The van der Waals surface area contributed by atoms with E-state index in [1.165, 1.54) is 6.07 Å². The maximum Gasteiger partial charge on any atom is 0.405 e. The number of halogens is 3. The summed E-state index contributed by atoms with van der Waals surface area (Å²) in [7, 11) is 0. The summed E-state index contributed by atoms with van der Waals surface area (Å²) in [5, 5.41) is 20.4. The van der Waals surface area contributed by atoms with Gasteiger partial charge >= 0.3 is 6.18 Å². The molecule has 0 radical (unpaired) electrons. The highest BCUT2D eigenvalue weighted by molar-refractivity contribution is 8.01. The van der Waals surface area contributed by atoms with E-state index < -0.39 is 17.6 Å². The second kappa shape index (κ2) is 6.48. The van der Waals surface area contributed by atoms with Crippen LogP contribution >= 0.6 is 23.1 Å². The lowest BCUT2D eigenvalue weighted by Crippen LogP contribution is -2.21. The Morgan fingerprint density at radius 2 is 2.14 bits per heavy atom. The fourth-order valence-corrected chi connectivity index (χ4v) is 3.24. The third kappa shape index (κ3) is 4.56. The zero-order chi connectivity index (χ0) is 16.3. The molecule has 0 atom stereocenters. The van der Waals surface area contributed by atoms with Crippen molar-refractivity contribution >= 4 is 33.9 Å². The molecule has 0 aliphatic heterocycles. The van der Waals surface area contributed by atoms with Crippen molar-refractivity contribution in [1.82, 2.24) is 10.2 Å². The van der Waals surface area contributed by atoms with Crippen LogP contribution in [0.1, 0.15) is 5.56 Å². The van der Waals surface area contributed by atoms with Gasteiger partial charge in [-0.1, -0.05) is 17.4 Å². The van der Waals surface area contributed by atoms with Crippen LogP contribution in [0.15, 0.2) is 27.4 Å². The van der Waals surface area contributed by atoms with E-state index in [1.807, 2.05) is 0 Å². The molecule has 1 aromatic carbocycles. The molecule has 0 unspecified atom stereocenters. The molecule has 11 heteroatoms. The Morgan fingerprint density at radius 3 is 2.77 bits per heavy atom. The Labute approximate surface area is 130 Å². The zero-order valence-corrected chi connectivity index (χ0v) is 12.7. The van der Waals surface area contributed by atoms with Gasteiger partial charge in [-0.2, -0.15) is 13.2 Å². The minimum Gasteiger partial charge on any atom is -0.351 e. The number of hydrogen-bond donors (Lipinski definition) is 1. The van der Waals surface area contributed by atoms with Crippen LogP contribution in [0.3, 0.4) is 0 Å². The number of anilines is 1. The van der Waals surface area contributed by atoms with Crippen molar-refractivity contribution in [1.29, 1.82) is 0 Å². The Balaban J connectivity index is 2.12. The first-order valence-corrected chi connectivity index (χ1v) is 7.45. The van der Waals surface area contributed by atoms with Crippen LogP contribution in [0.25, 0.3) is 0 Å². The first-order chi connectivity index (χ1) is 10.2. The molecule has 118 valence electrons. The van der Waals surface area contributed by atoms with Crippen molar-refractivity contribution in [3.63, 3.8) is 0 Å². The highest BCUT2D eigenvalue weighted by Gasteiger charge is 2.27. The molecule has 0 spiro atoms. The minimum absolute atomic E-state index is 0.00888. The number of alkyl halides is 3. The molecule has 2 rings (SSSR count). The lowest BCUT2D eigenvalue weighted by atomic mass is 10.2. The maximum absolute atomic E-state index is 12.1. The molecule has 0 aliphatic carbocycles. The summed E-state index contributed by atoms with van der Waals surface area (Å²) in [5.41, 5.74) is 0.658. The predicted octanol–water partition coefficient (Wildman–Crippen LogP) is 3.88. The van der Waals surface area contributed by atoms with Crippen LogP contribution in [-0.4, -0.2) is 27.8 Å². The molecule has 22 heavy (non-hydrogen) atoms. The molecular weight excluding hydrogens is 341 g/mol. The standard InChI is InChI=1S/C11H9F3N4O2S2/c1-6-2-3-8(7(4-6)18(19)20)21-10-17-16-9(22-10)15-5-11(12,13)14/h2-4H,5H2,1H3,(H,15,16). The molecule has 1 aromatic heterocycles. The maximum atomic E-state index is 12.1. The van der Waals surface area contributed by atoms with Crippen molar-refractivity contribution in [3.05, 3.63) is 33.9 Å². The van der Waals surface area contributed by atoms with Crippen LogP contribution in [0, 0.1) is 17.0 Å². The molecule has 0 aliphatic rings. The lowest BCUT2D eigenvalue weighted by molar-refractivity contribution is -0.387. The smallest absolute Gasteiger partial charge is 0.351 e. The van der Waals surface area contributed by atoms with Gasteiger partial charge in [-0.3, -0.25) is 10.1 Å². The number of aryl methyl sites for hydroxylation is 1. The Kier molecular flexibility index (Phi) is 4.86. The number of hydrogen-bond acceptors (Lipinski definition) is 7. The number of benzene rings is 1. The van der Waals surface area contributed by atoms with E-state index in [0.717, 1.165) is 28.7 Å². The molecular formula is C11H9F3N4O2S2. The Bertz CT molecular complexity index is 690. The van der Waals surface area contributed by atoms with Crippen molar-refractivity contribution in [2.75, 3.05) is 11.9 Å². The predicted molar refractivity (Wildman–Crippen MR) is 76.4 cm³/mol. The van der Waals surface area contributed by atoms with Gasteiger partial charge in [0.25, 0.3) is 5.69 Å². The SMILES string of the molecule is Cc1ccc(Sc2nnc(NCC(F)(F)F)s2)c([N+](=O)[O-])c1. The minimum atomic E-state index is -4.35. The van der Waals surface area contributed by atoms with Crippen LogP contribution in [0.5, 0.6) is 0 Å². The van der Waals surface area contributed by atoms with Gasteiger partial charge < -0.3 is 5.32 Å². The second-order valence-corrected chi connectivity index (χ2v) is 6.44. The van der Waals surface area contributed by atoms with E-state index in [0.29, 0.717) is 9.24 Å². The Hall–Kier alpha value is -1.88.